The molecule has 6 heteroatoms. The number of carbonyl (C=O) groups is 1. The number of hydrogen-bond donors (Lipinski definition) is 1. The van der Waals surface area contributed by atoms with E-state index in [1.807, 2.05) is 31.5 Å². The highest BCUT2D eigenvalue weighted by atomic mass is 35.5. The van der Waals surface area contributed by atoms with E-state index in [0.29, 0.717) is 22.9 Å². The minimum absolute atomic E-state index is 0.0288. The first-order valence-electron chi connectivity index (χ1n) is 7.07. The molecule has 1 aromatic carbocycles. The molecule has 22 heavy (non-hydrogen) atoms. The lowest BCUT2D eigenvalue weighted by Crippen LogP contribution is -2.19. The van der Waals surface area contributed by atoms with E-state index in [4.69, 9.17) is 16.3 Å². The van der Waals surface area contributed by atoms with E-state index in [9.17, 15) is 4.79 Å². The Labute approximate surface area is 135 Å². The van der Waals surface area contributed by atoms with Crippen LogP contribution in [0.2, 0.25) is 5.02 Å². The standard InChI is InChI=1S/C16H20ClN3O2/c1-10-7-11(2)20(19-10)12(3)8-16(21)18-14-9-13(17)5-6-15(14)22-4/h5-7,9,12H,8H2,1-4H3,(H,18,21)/t12-/m1/s1. The molecule has 118 valence electrons. The fourth-order valence-corrected chi connectivity index (χ4v) is 2.60. The second kappa shape index (κ2) is 6.83. The predicted molar refractivity (Wildman–Crippen MR) is 87.7 cm³/mol. The summed E-state index contributed by atoms with van der Waals surface area (Å²) in [4.78, 5) is 12.2. The van der Waals surface area contributed by atoms with Crippen LogP contribution < -0.4 is 10.1 Å². The minimum atomic E-state index is -0.111. The molecule has 0 aliphatic rings. The lowest BCUT2D eigenvalue weighted by molar-refractivity contribution is -0.116. The number of methoxy groups -OCH3 is 1. The van der Waals surface area contributed by atoms with Crippen LogP contribution in [0.25, 0.3) is 0 Å². The van der Waals surface area contributed by atoms with Gasteiger partial charge in [-0.1, -0.05) is 11.6 Å². The Morgan fingerprint density at radius 3 is 2.73 bits per heavy atom. The summed E-state index contributed by atoms with van der Waals surface area (Å²) in [6.45, 7) is 5.88. The fourth-order valence-electron chi connectivity index (χ4n) is 2.43. The summed E-state index contributed by atoms with van der Waals surface area (Å²) in [6, 6.07) is 7.08. The van der Waals surface area contributed by atoms with E-state index in [1.165, 1.54) is 0 Å². The number of ether oxygens (including phenoxy) is 1. The fraction of sp³-hybridized carbons (Fsp3) is 0.375. The van der Waals surface area contributed by atoms with Crippen LogP contribution in [0.15, 0.2) is 24.3 Å². The molecule has 1 amide bonds. The van der Waals surface area contributed by atoms with Crippen LogP contribution in [0.1, 0.15) is 30.8 Å². The van der Waals surface area contributed by atoms with Gasteiger partial charge in [0, 0.05) is 17.1 Å². The Kier molecular flexibility index (Phi) is 5.08. The Morgan fingerprint density at radius 2 is 2.14 bits per heavy atom. The van der Waals surface area contributed by atoms with Crippen molar-refractivity contribution in [2.45, 2.75) is 33.2 Å². The lowest BCUT2D eigenvalue weighted by atomic mass is 10.2. The van der Waals surface area contributed by atoms with Crippen LogP contribution in [0.3, 0.4) is 0 Å². The molecule has 1 heterocycles. The highest BCUT2D eigenvalue weighted by Gasteiger charge is 2.15. The van der Waals surface area contributed by atoms with Crippen LogP contribution in [0.5, 0.6) is 5.75 Å². The van der Waals surface area contributed by atoms with Crippen molar-refractivity contribution in [3.8, 4) is 5.75 Å². The van der Waals surface area contributed by atoms with E-state index in [1.54, 1.807) is 25.3 Å². The first-order valence-corrected chi connectivity index (χ1v) is 7.44. The van der Waals surface area contributed by atoms with Crippen LogP contribution in [-0.4, -0.2) is 22.8 Å². The van der Waals surface area contributed by atoms with Gasteiger partial charge in [-0.2, -0.15) is 5.10 Å². The molecule has 5 nitrogen and oxygen atoms in total. The molecule has 1 aromatic heterocycles. The van der Waals surface area contributed by atoms with Gasteiger partial charge < -0.3 is 10.1 Å². The van der Waals surface area contributed by atoms with Crippen molar-refractivity contribution in [1.82, 2.24) is 9.78 Å². The molecule has 0 fully saturated rings. The third-order valence-electron chi connectivity index (χ3n) is 3.38. The molecule has 2 rings (SSSR count). The van der Waals surface area contributed by atoms with Gasteiger partial charge in [0.05, 0.1) is 24.5 Å². The van der Waals surface area contributed by atoms with E-state index < -0.39 is 0 Å². The second-order valence-corrected chi connectivity index (χ2v) is 5.75. The number of nitrogens with one attached hydrogen (secondary N) is 1. The summed E-state index contributed by atoms with van der Waals surface area (Å²) < 4.78 is 7.09. The minimum Gasteiger partial charge on any atom is -0.495 e. The van der Waals surface area contributed by atoms with Crippen molar-refractivity contribution < 1.29 is 9.53 Å². The number of aromatic nitrogens is 2. The molecular weight excluding hydrogens is 302 g/mol. The highest BCUT2D eigenvalue weighted by Crippen LogP contribution is 2.28. The average Bonchev–Trinajstić information content (AvgIpc) is 2.78. The SMILES string of the molecule is COc1ccc(Cl)cc1NC(=O)C[C@@H](C)n1nc(C)cc1C. The highest BCUT2D eigenvalue weighted by molar-refractivity contribution is 6.31. The number of anilines is 1. The van der Waals surface area contributed by atoms with Gasteiger partial charge >= 0.3 is 0 Å². The van der Waals surface area contributed by atoms with Crippen molar-refractivity contribution in [3.05, 3.63) is 40.7 Å². The molecule has 1 N–H and O–H groups in total. The summed E-state index contributed by atoms with van der Waals surface area (Å²) in [7, 11) is 1.55. The molecular formula is C16H20ClN3O2. The molecule has 0 saturated carbocycles. The smallest absolute Gasteiger partial charge is 0.226 e. The Hall–Kier alpha value is -2.01. The van der Waals surface area contributed by atoms with Gasteiger partial charge in [0.2, 0.25) is 5.91 Å². The van der Waals surface area contributed by atoms with Crippen molar-refractivity contribution in [1.29, 1.82) is 0 Å². The monoisotopic (exact) mass is 321 g/mol. The number of benzene rings is 1. The Balaban J connectivity index is 2.07. The van der Waals surface area contributed by atoms with Gasteiger partial charge in [-0.25, -0.2) is 0 Å². The van der Waals surface area contributed by atoms with Crippen molar-refractivity contribution >= 4 is 23.2 Å². The summed E-state index contributed by atoms with van der Waals surface area (Å²) in [5.74, 6) is 0.470. The first-order chi connectivity index (χ1) is 10.4. The van der Waals surface area contributed by atoms with E-state index >= 15 is 0 Å². The molecule has 0 saturated heterocycles. The largest absolute Gasteiger partial charge is 0.495 e. The zero-order valence-electron chi connectivity index (χ0n) is 13.2. The maximum Gasteiger partial charge on any atom is 0.226 e. The zero-order valence-corrected chi connectivity index (χ0v) is 13.9. The average molecular weight is 322 g/mol. The molecule has 0 unspecified atom stereocenters. The summed E-state index contributed by atoms with van der Waals surface area (Å²) >= 11 is 5.96. The van der Waals surface area contributed by atoms with Crippen molar-refractivity contribution in [2.75, 3.05) is 12.4 Å². The number of hydrogen-bond acceptors (Lipinski definition) is 3. The molecule has 0 spiro atoms. The zero-order chi connectivity index (χ0) is 16.3. The van der Waals surface area contributed by atoms with Crippen LogP contribution >= 0.6 is 11.6 Å². The summed E-state index contributed by atoms with van der Waals surface area (Å²) in [6.07, 6.45) is 0.317. The van der Waals surface area contributed by atoms with Gasteiger partial charge in [0.1, 0.15) is 5.75 Å². The van der Waals surface area contributed by atoms with E-state index in [0.717, 1.165) is 11.4 Å². The third-order valence-corrected chi connectivity index (χ3v) is 3.61. The normalized spacial score (nSPS) is 12.0. The molecule has 1 atom stereocenters. The first kappa shape index (κ1) is 16.4. The van der Waals surface area contributed by atoms with Crippen molar-refractivity contribution in [3.63, 3.8) is 0 Å². The van der Waals surface area contributed by atoms with E-state index in [-0.39, 0.29) is 11.9 Å². The molecule has 0 aliphatic heterocycles. The van der Waals surface area contributed by atoms with E-state index in [2.05, 4.69) is 10.4 Å². The van der Waals surface area contributed by atoms with Gasteiger partial charge in [0.25, 0.3) is 0 Å². The number of carbonyl (C=O) groups excluding carboxylic acids is 1. The molecule has 0 bridgehead atoms. The lowest BCUT2D eigenvalue weighted by Gasteiger charge is -2.15. The van der Waals surface area contributed by atoms with Crippen LogP contribution in [-0.2, 0) is 4.79 Å². The van der Waals surface area contributed by atoms with Gasteiger partial charge in [-0.05, 0) is 45.0 Å². The number of aryl methyl sites for hydroxylation is 2. The molecule has 2 aromatic rings. The number of nitrogens with zero attached hydrogens (tertiary/aromatic N) is 2. The number of amides is 1. The third kappa shape index (κ3) is 3.80. The Morgan fingerprint density at radius 1 is 1.41 bits per heavy atom. The van der Waals surface area contributed by atoms with Crippen LogP contribution in [0, 0.1) is 13.8 Å². The van der Waals surface area contributed by atoms with Crippen LogP contribution in [0.4, 0.5) is 5.69 Å². The molecule has 0 radical (unpaired) electrons. The maximum atomic E-state index is 12.2. The quantitative estimate of drug-likeness (QED) is 0.912. The second-order valence-electron chi connectivity index (χ2n) is 5.32. The maximum absolute atomic E-state index is 12.2. The van der Waals surface area contributed by atoms with Crippen molar-refractivity contribution in [2.24, 2.45) is 0 Å². The number of rotatable bonds is 5. The van der Waals surface area contributed by atoms with Gasteiger partial charge in [0.15, 0.2) is 0 Å². The van der Waals surface area contributed by atoms with Gasteiger partial charge in [-0.15, -0.1) is 0 Å². The molecule has 0 aliphatic carbocycles. The van der Waals surface area contributed by atoms with Gasteiger partial charge in [-0.3, -0.25) is 9.48 Å². The number of halogens is 1. The summed E-state index contributed by atoms with van der Waals surface area (Å²) in [5.41, 5.74) is 2.56. The Bertz CT molecular complexity index is 682. The summed E-state index contributed by atoms with van der Waals surface area (Å²) in [5, 5.41) is 7.79. The topological polar surface area (TPSA) is 56.1 Å². The predicted octanol–water partition coefficient (Wildman–Crippen LogP) is 3.75.